The summed E-state index contributed by atoms with van der Waals surface area (Å²) in [6.07, 6.45) is 0. The minimum atomic E-state index is -0.347. The normalized spacial score (nSPS) is 12.6. The maximum absolute atomic E-state index is 10.9. The third-order valence-electron chi connectivity index (χ3n) is 1.76. The van der Waals surface area contributed by atoms with Gasteiger partial charge in [0.25, 0.3) is 0 Å². The molecule has 5 heteroatoms. The highest BCUT2D eigenvalue weighted by Gasteiger charge is 2.14. The van der Waals surface area contributed by atoms with Gasteiger partial charge in [0.2, 0.25) is 0 Å². The Balaban J connectivity index is 2.33. The van der Waals surface area contributed by atoms with Gasteiger partial charge in [-0.25, -0.2) is 5.10 Å². The summed E-state index contributed by atoms with van der Waals surface area (Å²) >= 11 is 7.17. The van der Waals surface area contributed by atoms with Crippen LogP contribution in [0.5, 0.6) is 0 Å². The second-order valence-corrected chi connectivity index (χ2v) is 4.15. The number of aromatic amines is 1. The van der Waals surface area contributed by atoms with E-state index < -0.39 is 0 Å². The number of alkyl halides is 1. The van der Waals surface area contributed by atoms with E-state index in [0.29, 0.717) is 5.01 Å². The number of nitrogens with zero attached hydrogens (tertiary/aromatic N) is 1. The largest absolute Gasteiger partial charge is 0.322 e. The van der Waals surface area contributed by atoms with Crippen LogP contribution in [0.25, 0.3) is 0 Å². The molecule has 1 heterocycles. The van der Waals surface area contributed by atoms with Crippen molar-refractivity contribution in [2.75, 3.05) is 0 Å². The van der Waals surface area contributed by atoms with Gasteiger partial charge in [0.1, 0.15) is 10.4 Å². The molecule has 1 atom stereocenters. The number of hydrogen-bond acceptors (Lipinski definition) is 3. The van der Waals surface area contributed by atoms with Gasteiger partial charge in [-0.15, -0.1) is 11.6 Å². The highest BCUT2D eigenvalue weighted by Crippen LogP contribution is 2.27. The van der Waals surface area contributed by atoms with Crippen LogP contribution in [-0.2, 0) is 0 Å². The molecular formula is C9H7ClN2OS. The van der Waals surface area contributed by atoms with Crippen LogP contribution in [0.15, 0.2) is 35.1 Å². The van der Waals surface area contributed by atoms with Crippen molar-refractivity contribution in [3.8, 4) is 0 Å². The summed E-state index contributed by atoms with van der Waals surface area (Å²) in [6.45, 7) is 0. The van der Waals surface area contributed by atoms with Crippen molar-refractivity contribution in [2.24, 2.45) is 0 Å². The van der Waals surface area contributed by atoms with Gasteiger partial charge in [0.15, 0.2) is 0 Å². The standard InChI is InChI=1S/C9H7ClN2OS/c10-7(6-4-2-1-3-5-6)8-11-12-9(13)14-8/h1-5,7H,(H,12,13). The molecule has 0 fully saturated rings. The molecule has 0 spiro atoms. The molecular weight excluding hydrogens is 220 g/mol. The number of nitrogens with one attached hydrogen (secondary N) is 1. The van der Waals surface area contributed by atoms with Crippen molar-refractivity contribution in [1.29, 1.82) is 0 Å². The minimum absolute atomic E-state index is 0.179. The molecule has 1 aromatic carbocycles. The zero-order chi connectivity index (χ0) is 9.97. The molecule has 0 saturated heterocycles. The van der Waals surface area contributed by atoms with Gasteiger partial charge < -0.3 is 0 Å². The molecule has 0 saturated carbocycles. The Kier molecular flexibility index (Phi) is 2.65. The van der Waals surface area contributed by atoms with Crippen LogP contribution in [0, 0.1) is 0 Å². The van der Waals surface area contributed by atoms with E-state index in [2.05, 4.69) is 10.2 Å². The third kappa shape index (κ3) is 1.86. The molecule has 1 aromatic heterocycles. The fourth-order valence-electron chi connectivity index (χ4n) is 1.11. The molecule has 0 aliphatic rings. The quantitative estimate of drug-likeness (QED) is 0.798. The molecule has 0 aliphatic carbocycles. The molecule has 0 radical (unpaired) electrons. The summed E-state index contributed by atoms with van der Waals surface area (Å²) in [4.78, 5) is 10.7. The summed E-state index contributed by atoms with van der Waals surface area (Å²) < 4.78 is 0. The molecule has 1 unspecified atom stereocenters. The molecule has 3 nitrogen and oxygen atoms in total. The maximum atomic E-state index is 10.9. The van der Waals surface area contributed by atoms with Gasteiger partial charge >= 0.3 is 4.87 Å². The van der Waals surface area contributed by atoms with Crippen molar-refractivity contribution in [1.82, 2.24) is 10.2 Å². The SMILES string of the molecule is O=c1[nH]nc(C(Cl)c2ccccc2)s1. The first-order valence-electron chi connectivity index (χ1n) is 4.02. The summed E-state index contributed by atoms with van der Waals surface area (Å²) in [5, 5.41) is 6.44. The van der Waals surface area contributed by atoms with Crippen LogP contribution in [0.3, 0.4) is 0 Å². The predicted molar refractivity (Wildman–Crippen MR) is 56.9 cm³/mol. The first kappa shape index (κ1) is 9.43. The monoisotopic (exact) mass is 226 g/mol. The van der Waals surface area contributed by atoms with Crippen LogP contribution in [-0.4, -0.2) is 10.2 Å². The topological polar surface area (TPSA) is 45.8 Å². The lowest BCUT2D eigenvalue weighted by molar-refractivity contribution is 0.970. The second kappa shape index (κ2) is 3.94. The van der Waals surface area contributed by atoms with Crippen molar-refractivity contribution in [2.45, 2.75) is 5.38 Å². The van der Waals surface area contributed by atoms with Crippen LogP contribution < -0.4 is 4.87 Å². The first-order chi connectivity index (χ1) is 6.77. The van der Waals surface area contributed by atoms with Crippen molar-refractivity contribution < 1.29 is 0 Å². The van der Waals surface area contributed by atoms with E-state index in [1.54, 1.807) is 0 Å². The van der Waals surface area contributed by atoms with E-state index in [1.165, 1.54) is 0 Å². The lowest BCUT2D eigenvalue weighted by atomic mass is 10.1. The third-order valence-corrected chi connectivity index (χ3v) is 3.16. The molecule has 2 rings (SSSR count). The molecule has 0 aliphatic heterocycles. The van der Waals surface area contributed by atoms with Gasteiger partial charge in [-0.1, -0.05) is 41.7 Å². The molecule has 14 heavy (non-hydrogen) atoms. The van der Waals surface area contributed by atoms with Crippen LogP contribution in [0.1, 0.15) is 15.9 Å². The Hall–Kier alpha value is -1.13. The zero-order valence-corrected chi connectivity index (χ0v) is 8.68. The van der Waals surface area contributed by atoms with Crippen molar-refractivity contribution in [3.63, 3.8) is 0 Å². The highest BCUT2D eigenvalue weighted by molar-refractivity contribution is 7.09. The summed E-state index contributed by atoms with van der Waals surface area (Å²) in [5.74, 6) is 0. The van der Waals surface area contributed by atoms with E-state index in [-0.39, 0.29) is 10.3 Å². The Morgan fingerprint density at radius 3 is 2.64 bits per heavy atom. The second-order valence-electron chi connectivity index (χ2n) is 2.72. The fourth-order valence-corrected chi connectivity index (χ4v) is 2.05. The number of halogens is 1. The molecule has 0 bridgehead atoms. The Morgan fingerprint density at radius 2 is 2.07 bits per heavy atom. The minimum Gasteiger partial charge on any atom is -0.255 e. The van der Waals surface area contributed by atoms with E-state index >= 15 is 0 Å². The number of rotatable bonds is 2. The maximum Gasteiger partial charge on any atom is 0.322 e. The molecule has 0 amide bonds. The van der Waals surface area contributed by atoms with Crippen molar-refractivity contribution in [3.05, 3.63) is 50.6 Å². The average molecular weight is 227 g/mol. The first-order valence-corrected chi connectivity index (χ1v) is 5.27. The van der Waals surface area contributed by atoms with Gasteiger partial charge in [-0.3, -0.25) is 4.79 Å². The Morgan fingerprint density at radius 1 is 1.36 bits per heavy atom. The van der Waals surface area contributed by atoms with Gasteiger partial charge in [-0.05, 0) is 5.56 Å². The van der Waals surface area contributed by atoms with Crippen molar-refractivity contribution >= 4 is 22.9 Å². The van der Waals surface area contributed by atoms with E-state index in [1.807, 2.05) is 30.3 Å². The number of hydrogen-bond donors (Lipinski definition) is 1. The lowest BCUT2D eigenvalue weighted by Crippen LogP contribution is -1.92. The van der Waals surface area contributed by atoms with Gasteiger partial charge in [0, 0.05) is 0 Å². The van der Waals surface area contributed by atoms with Crippen LogP contribution in [0.2, 0.25) is 0 Å². The molecule has 72 valence electrons. The predicted octanol–water partition coefficient (Wildman–Crippen LogP) is 2.16. The number of benzene rings is 1. The zero-order valence-electron chi connectivity index (χ0n) is 7.11. The highest BCUT2D eigenvalue weighted by atomic mass is 35.5. The summed E-state index contributed by atoms with van der Waals surface area (Å²) in [6, 6.07) is 9.54. The van der Waals surface area contributed by atoms with Gasteiger partial charge in [0.05, 0.1) is 0 Å². The summed E-state index contributed by atoms with van der Waals surface area (Å²) in [7, 11) is 0. The average Bonchev–Trinajstić information content (AvgIpc) is 2.65. The van der Waals surface area contributed by atoms with E-state index in [0.717, 1.165) is 16.9 Å². The summed E-state index contributed by atoms with van der Waals surface area (Å²) in [5.41, 5.74) is 0.942. The molecule has 2 aromatic rings. The van der Waals surface area contributed by atoms with E-state index in [9.17, 15) is 4.79 Å². The van der Waals surface area contributed by atoms with E-state index in [4.69, 9.17) is 11.6 Å². The lowest BCUT2D eigenvalue weighted by Gasteiger charge is -2.04. The smallest absolute Gasteiger partial charge is 0.255 e. The van der Waals surface area contributed by atoms with Crippen LogP contribution in [0.4, 0.5) is 0 Å². The number of H-pyrrole nitrogens is 1. The number of aromatic nitrogens is 2. The Bertz CT molecular complexity index is 465. The fraction of sp³-hybridized carbons (Fsp3) is 0.111. The van der Waals surface area contributed by atoms with Crippen LogP contribution >= 0.6 is 22.9 Å². The molecule has 1 N–H and O–H groups in total. The van der Waals surface area contributed by atoms with Gasteiger partial charge in [-0.2, -0.15) is 5.10 Å². The Labute approximate surface area is 89.4 Å².